The van der Waals surface area contributed by atoms with E-state index in [0.29, 0.717) is 5.56 Å². The van der Waals surface area contributed by atoms with Crippen LogP contribution in [0.1, 0.15) is 49.4 Å². The van der Waals surface area contributed by atoms with Crippen LogP contribution in [0.4, 0.5) is 0 Å². The lowest BCUT2D eigenvalue weighted by molar-refractivity contribution is 0.101. The molecule has 1 saturated carbocycles. The van der Waals surface area contributed by atoms with E-state index in [2.05, 4.69) is 15.9 Å². The van der Waals surface area contributed by atoms with Crippen molar-refractivity contribution in [2.45, 2.75) is 39.0 Å². The number of ether oxygens (including phenoxy) is 1. The van der Waals surface area contributed by atoms with Gasteiger partial charge in [0.25, 0.3) is 0 Å². The summed E-state index contributed by atoms with van der Waals surface area (Å²) in [5, 5.41) is 0.992. The molecular weight excluding hydrogens is 304 g/mol. The molecule has 0 radical (unpaired) electrons. The van der Waals surface area contributed by atoms with Gasteiger partial charge in [0, 0.05) is 16.3 Å². The Morgan fingerprint density at radius 1 is 1.32 bits per heavy atom. The van der Waals surface area contributed by atoms with Crippen LogP contribution in [0.3, 0.4) is 0 Å². The molecule has 1 aliphatic rings. The van der Waals surface area contributed by atoms with Crippen molar-refractivity contribution in [1.29, 1.82) is 0 Å². The SMILES string of the molecule is CC(=O)c1cccc(OCC2(CBr)CCCCC2)c1. The fourth-order valence-electron chi connectivity index (χ4n) is 2.66. The van der Waals surface area contributed by atoms with Crippen LogP contribution >= 0.6 is 15.9 Å². The summed E-state index contributed by atoms with van der Waals surface area (Å²) in [5.74, 6) is 0.886. The molecule has 0 aliphatic heterocycles. The van der Waals surface area contributed by atoms with Gasteiger partial charge in [-0.15, -0.1) is 0 Å². The lowest BCUT2D eigenvalue weighted by Gasteiger charge is -2.35. The molecule has 104 valence electrons. The number of benzene rings is 1. The van der Waals surface area contributed by atoms with E-state index in [4.69, 9.17) is 4.74 Å². The van der Waals surface area contributed by atoms with Gasteiger partial charge in [0.05, 0.1) is 6.61 Å². The minimum Gasteiger partial charge on any atom is -0.493 e. The molecule has 0 N–H and O–H groups in total. The molecule has 3 heteroatoms. The molecule has 0 aromatic heterocycles. The molecule has 1 fully saturated rings. The van der Waals surface area contributed by atoms with Crippen LogP contribution in [-0.4, -0.2) is 17.7 Å². The molecule has 2 rings (SSSR count). The van der Waals surface area contributed by atoms with E-state index >= 15 is 0 Å². The largest absolute Gasteiger partial charge is 0.493 e. The van der Waals surface area contributed by atoms with Crippen molar-refractivity contribution >= 4 is 21.7 Å². The van der Waals surface area contributed by atoms with Crippen LogP contribution < -0.4 is 4.74 Å². The highest BCUT2D eigenvalue weighted by Gasteiger charge is 2.31. The highest BCUT2D eigenvalue weighted by Crippen LogP contribution is 2.38. The van der Waals surface area contributed by atoms with Gasteiger partial charge in [0.15, 0.2) is 5.78 Å². The molecule has 19 heavy (non-hydrogen) atoms. The second kappa shape index (κ2) is 6.56. The molecule has 1 aromatic rings. The standard InChI is InChI=1S/C16H21BrO2/c1-13(18)14-6-5-7-15(10-14)19-12-16(11-17)8-3-2-4-9-16/h5-7,10H,2-4,8-9,11-12H2,1H3. The van der Waals surface area contributed by atoms with Crippen molar-refractivity contribution in [1.82, 2.24) is 0 Å². The number of Topliss-reactive ketones (excluding diaryl/α,β-unsaturated/α-hetero) is 1. The van der Waals surface area contributed by atoms with Crippen molar-refractivity contribution in [2.75, 3.05) is 11.9 Å². The number of ketones is 1. The quantitative estimate of drug-likeness (QED) is 0.583. The molecule has 0 bridgehead atoms. The first kappa shape index (κ1) is 14.6. The van der Waals surface area contributed by atoms with Crippen LogP contribution in [0, 0.1) is 5.41 Å². The molecule has 0 unspecified atom stereocenters. The second-order valence-electron chi connectivity index (χ2n) is 5.57. The van der Waals surface area contributed by atoms with Crippen molar-refractivity contribution in [3.05, 3.63) is 29.8 Å². The van der Waals surface area contributed by atoms with Crippen LogP contribution in [0.15, 0.2) is 24.3 Å². The van der Waals surface area contributed by atoms with Gasteiger partial charge in [-0.2, -0.15) is 0 Å². The summed E-state index contributed by atoms with van der Waals surface area (Å²) in [6.45, 7) is 2.32. The number of hydrogen-bond acceptors (Lipinski definition) is 2. The van der Waals surface area contributed by atoms with Gasteiger partial charge in [-0.25, -0.2) is 0 Å². The molecule has 0 spiro atoms. The minimum absolute atomic E-state index is 0.0818. The van der Waals surface area contributed by atoms with E-state index in [1.54, 1.807) is 6.92 Å². The minimum atomic E-state index is 0.0818. The maximum atomic E-state index is 11.4. The zero-order valence-corrected chi connectivity index (χ0v) is 13.0. The van der Waals surface area contributed by atoms with Gasteiger partial charge in [0.1, 0.15) is 5.75 Å². The van der Waals surface area contributed by atoms with Gasteiger partial charge < -0.3 is 4.74 Å². The van der Waals surface area contributed by atoms with Crippen LogP contribution in [0.25, 0.3) is 0 Å². The Bertz CT molecular complexity index is 436. The number of alkyl halides is 1. The van der Waals surface area contributed by atoms with E-state index < -0.39 is 0 Å². The predicted octanol–water partition coefficient (Wildman–Crippen LogP) is 4.61. The second-order valence-corrected chi connectivity index (χ2v) is 6.13. The number of carbonyl (C=O) groups excluding carboxylic acids is 1. The molecule has 0 saturated heterocycles. The van der Waals surface area contributed by atoms with Gasteiger partial charge in [-0.3, -0.25) is 4.79 Å². The zero-order chi connectivity index (χ0) is 13.7. The lowest BCUT2D eigenvalue weighted by Crippen LogP contribution is -2.32. The smallest absolute Gasteiger partial charge is 0.159 e. The van der Waals surface area contributed by atoms with Crippen LogP contribution in [0.5, 0.6) is 5.75 Å². The van der Waals surface area contributed by atoms with Gasteiger partial charge in [-0.05, 0) is 31.9 Å². The molecule has 1 aliphatic carbocycles. The molecule has 0 heterocycles. The number of hydrogen-bond donors (Lipinski definition) is 0. The third kappa shape index (κ3) is 3.82. The zero-order valence-electron chi connectivity index (χ0n) is 11.5. The van der Waals surface area contributed by atoms with Crippen LogP contribution in [0.2, 0.25) is 0 Å². The Morgan fingerprint density at radius 3 is 2.68 bits per heavy atom. The van der Waals surface area contributed by atoms with Crippen molar-refractivity contribution < 1.29 is 9.53 Å². The summed E-state index contributed by atoms with van der Waals surface area (Å²) in [6, 6.07) is 7.48. The first-order chi connectivity index (χ1) is 9.15. The Hall–Kier alpha value is -0.830. The van der Waals surface area contributed by atoms with Crippen molar-refractivity contribution in [2.24, 2.45) is 5.41 Å². The Morgan fingerprint density at radius 2 is 2.05 bits per heavy atom. The highest BCUT2D eigenvalue weighted by atomic mass is 79.9. The van der Waals surface area contributed by atoms with E-state index in [1.165, 1.54) is 32.1 Å². The van der Waals surface area contributed by atoms with E-state index in [9.17, 15) is 4.79 Å². The fourth-order valence-corrected chi connectivity index (χ4v) is 3.38. The number of carbonyl (C=O) groups is 1. The van der Waals surface area contributed by atoms with Crippen molar-refractivity contribution in [3.8, 4) is 5.75 Å². The Balaban J connectivity index is 2.00. The van der Waals surface area contributed by atoms with Gasteiger partial charge >= 0.3 is 0 Å². The molecular formula is C16H21BrO2. The van der Waals surface area contributed by atoms with E-state index in [-0.39, 0.29) is 11.2 Å². The average Bonchev–Trinajstić information content (AvgIpc) is 2.46. The predicted molar refractivity (Wildman–Crippen MR) is 81.3 cm³/mol. The van der Waals surface area contributed by atoms with Gasteiger partial charge in [-0.1, -0.05) is 47.3 Å². The summed E-state index contributed by atoms with van der Waals surface area (Å²) in [7, 11) is 0. The summed E-state index contributed by atoms with van der Waals surface area (Å²) in [4.78, 5) is 11.4. The summed E-state index contributed by atoms with van der Waals surface area (Å²) < 4.78 is 5.95. The summed E-state index contributed by atoms with van der Waals surface area (Å²) in [5.41, 5.74) is 0.985. The molecule has 1 aromatic carbocycles. The normalized spacial score (nSPS) is 18.0. The van der Waals surface area contributed by atoms with E-state index in [0.717, 1.165) is 17.7 Å². The molecule has 0 amide bonds. The number of rotatable bonds is 5. The number of halogens is 1. The topological polar surface area (TPSA) is 26.3 Å². The maximum absolute atomic E-state index is 11.4. The summed E-state index contributed by atoms with van der Waals surface area (Å²) in [6.07, 6.45) is 6.38. The summed E-state index contributed by atoms with van der Waals surface area (Å²) >= 11 is 3.65. The molecule has 0 atom stereocenters. The Labute approximate surface area is 123 Å². The van der Waals surface area contributed by atoms with E-state index in [1.807, 2.05) is 24.3 Å². The van der Waals surface area contributed by atoms with Gasteiger partial charge in [0.2, 0.25) is 0 Å². The monoisotopic (exact) mass is 324 g/mol. The highest BCUT2D eigenvalue weighted by molar-refractivity contribution is 9.09. The fraction of sp³-hybridized carbons (Fsp3) is 0.562. The first-order valence-electron chi connectivity index (χ1n) is 6.95. The Kier molecular flexibility index (Phi) is 5.03. The average molecular weight is 325 g/mol. The third-order valence-electron chi connectivity index (χ3n) is 3.98. The third-order valence-corrected chi connectivity index (χ3v) is 5.17. The van der Waals surface area contributed by atoms with Crippen molar-refractivity contribution in [3.63, 3.8) is 0 Å². The first-order valence-corrected chi connectivity index (χ1v) is 8.07. The van der Waals surface area contributed by atoms with Crippen LogP contribution in [-0.2, 0) is 0 Å². The lowest BCUT2D eigenvalue weighted by atomic mass is 9.76. The molecule has 2 nitrogen and oxygen atoms in total. The maximum Gasteiger partial charge on any atom is 0.159 e.